The first-order valence-electron chi connectivity index (χ1n) is 19.3. The average Bonchev–Trinajstić information content (AvgIpc) is 3.59. The first-order valence-corrected chi connectivity index (χ1v) is 19.3. The molecule has 2 rings (SSSR count). The standard InChI is InChI=1S/C42H65NO10/c1-7-9-11-15-18-25-41(51-30-31-52-41)26-19-16-13-12-14-17-20-35(42(48,27-28-44)39(47)53-40(3,4)5)37(45)43-36(38(46)49-6)32-33-21-23-34(24-22-33)50-29-10-8-2/h17,20-24,35-36,44,48H,7,9,11-16,18-19,25-32H2,1-6H3,(H,43,45)/t35-,36+,42+/m1/s1. The number of methoxy groups -OCH3 is 1. The lowest BCUT2D eigenvalue weighted by atomic mass is 9.82. The Morgan fingerprint density at radius 3 is 2.17 bits per heavy atom. The Balaban J connectivity index is 2.13. The lowest BCUT2D eigenvalue weighted by Gasteiger charge is -2.34. The number of hydrogen-bond acceptors (Lipinski definition) is 10. The van der Waals surface area contributed by atoms with Crippen LogP contribution in [0.5, 0.6) is 5.75 Å². The predicted octanol–water partition coefficient (Wildman–Crippen LogP) is 6.36. The number of hydrogen-bond donors (Lipinski definition) is 3. The van der Waals surface area contributed by atoms with Crippen LogP contribution >= 0.6 is 0 Å². The Kier molecular flexibility index (Phi) is 20.8. The Morgan fingerprint density at radius 1 is 0.981 bits per heavy atom. The van der Waals surface area contributed by atoms with Gasteiger partial charge >= 0.3 is 11.9 Å². The maximum atomic E-state index is 14.0. The second kappa shape index (κ2) is 24.1. The first kappa shape index (κ1) is 45.7. The van der Waals surface area contributed by atoms with Crippen molar-refractivity contribution in [3.05, 3.63) is 42.0 Å². The molecule has 1 aliphatic heterocycles. The molecule has 1 aliphatic rings. The van der Waals surface area contributed by atoms with Gasteiger partial charge in [0.15, 0.2) is 11.4 Å². The predicted molar refractivity (Wildman–Crippen MR) is 204 cm³/mol. The van der Waals surface area contributed by atoms with Crippen molar-refractivity contribution in [3.63, 3.8) is 0 Å². The highest BCUT2D eigenvalue weighted by Crippen LogP contribution is 2.32. The molecule has 3 N–H and O–H groups in total. The van der Waals surface area contributed by atoms with E-state index in [-0.39, 0.29) is 13.0 Å². The van der Waals surface area contributed by atoms with Crippen LogP contribution in [-0.2, 0) is 39.8 Å². The summed E-state index contributed by atoms with van der Waals surface area (Å²) in [4.78, 5) is 40.3. The van der Waals surface area contributed by atoms with E-state index in [1.807, 2.05) is 0 Å². The Bertz CT molecular complexity index is 1320. The van der Waals surface area contributed by atoms with Gasteiger partial charge in [-0.3, -0.25) is 4.79 Å². The third-order valence-electron chi connectivity index (χ3n) is 9.18. The van der Waals surface area contributed by atoms with E-state index < -0.39 is 59.8 Å². The second-order valence-electron chi connectivity index (χ2n) is 14.7. The Hall–Kier alpha value is -3.43. The summed E-state index contributed by atoms with van der Waals surface area (Å²) in [7, 11) is 1.22. The van der Waals surface area contributed by atoms with Crippen molar-refractivity contribution >= 4 is 17.8 Å². The van der Waals surface area contributed by atoms with Crippen molar-refractivity contribution in [1.29, 1.82) is 0 Å². The van der Waals surface area contributed by atoms with E-state index in [2.05, 4.69) is 24.1 Å². The number of carbonyl (C=O) groups is 3. The minimum atomic E-state index is -2.41. The maximum absolute atomic E-state index is 14.0. The molecule has 0 radical (unpaired) electrons. The molecule has 1 aromatic carbocycles. The summed E-state index contributed by atoms with van der Waals surface area (Å²) in [6, 6.07) is 5.87. The van der Waals surface area contributed by atoms with Gasteiger partial charge < -0.3 is 39.2 Å². The zero-order valence-corrected chi connectivity index (χ0v) is 33.0. The summed E-state index contributed by atoms with van der Waals surface area (Å²) >= 11 is 0. The summed E-state index contributed by atoms with van der Waals surface area (Å²) in [5.41, 5.74) is -2.67. The molecule has 1 heterocycles. The number of amides is 1. The van der Waals surface area contributed by atoms with Gasteiger partial charge in [-0.2, -0.15) is 0 Å². The largest absolute Gasteiger partial charge is 0.481 e. The number of allylic oxidation sites excluding steroid dienone is 1. The highest BCUT2D eigenvalue weighted by molar-refractivity contribution is 5.93. The second-order valence-corrected chi connectivity index (χ2v) is 14.7. The van der Waals surface area contributed by atoms with Crippen LogP contribution in [0.15, 0.2) is 36.4 Å². The monoisotopic (exact) mass is 743 g/mol. The van der Waals surface area contributed by atoms with Gasteiger partial charge in [0.05, 0.1) is 26.2 Å². The Morgan fingerprint density at radius 2 is 1.60 bits per heavy atom. The van der Waals surface area contributed by atoms with Crippen molar-refractivity contribution in [1.82, 2.24) is 5.32 Å². The molecule has 0 saturated carbocycles. The molecule has 0 spiro atoms. The third kappa shape index (κ3) is 16.6. The van der Waals surface area contributed by atoms with Crippen LogP contribution in [0, 0.1) is 17.8 Å². The molecular formula is C42H65NO10. The van der Waals surface area contributed by atoms with Gasteiger partial charge in [0.1, 0.15) is 24.0 Å². The minimum Gasteiger partial charge on any atom is -0.481 e. The normalized spacial score (nSPS) is 16.2. The molecule has 53 heavy (non-hydrogen) atoms. The molecule has 0 bridgehead atoms. The van der Waals surface area contributed by atoms with E-state index in [4.69, 9.17) is 23.7 Å². The third-order valence-corrected chi connectivity index (χ3v) is 9.18. The van der Waals surface area contributed by atoms with Crippen LogP contribution in [0.4, 0.5) is 0 Å². The molecule has 0 aliphatic carbocycles. The highest BCUT2D eigenvalue weighted by Gasteiger charge is 2.49. The lowest BCUT2D eigenvalue weighted by molar-refractivity contribution is -0.185. The summed E-state index contributed by atoms with van der Waals surface area (Å²) in [5.74, 6) is 1.72. The van der Waals surface area contributed by atoms with Gasteiger partial charge in [-0.15, -0.1) is 5.92 Å². The van der Waals surface area contributed by atoms with E-state index in [0.29, 0.717) is 30.9 Å². The molecule has 1 aromatic rings. The lowest BCUT2D eigenvalue weighted by Crippen LogP contribution is -2.56. The maximum Gasteiger partial charge on any atom is 0.339 e. The van der Waals surface area contributed by atoms with Gasteiger partial charge in [0.2, 0.25) is 5.91 Å². The number of ether oxygens (including phenoxy) is 5. The number of rotatable bonds is 25. The van der Waals surface area contributed by atoms with E-state index in [1.165, 1.54) is 38.9 Å². The summed E-state index contributed by atoms with van der Waals surface area (Å²) in [6.45, 7) is 9.82. The van der Waals surface area contributed by atoms with E-state index >= 15 is 0 Å². The van der Waals surface area contributed by atoms with Gasteiger partial charge in [0, 0.05) is 32.3 Å². The van der Waals surface area contributed by atoms with Crippen LogP contribution < -0.4 is 10.1 Å². The van der Waals surface area contributed by atoms with Gasteiger partial charge in [0.25, 0.3) is 0 Å². The number of unbranched alkanes of at least 4 members (excludes halogenated alkanes) is 8. The number of aliphatic hydroxyl groups excluding tert-OH is 1. The summed E-state index contributed by atoms with van der Waals surface area (Å²) in [5, 5.41) is 24.4. The Labute approximate surface area is 317 Å². The topological polar surface area (TPSA) is 150 Å². The molecule has 298 valence electrons. The van der Waals surface area contributed by atoms with Gasteiger partial charge in [-0.05, 0) is 71.1 Å². The van der Waals surface area contributed by atoms with Crippen LogP contribution in [0.3, 0.4) is 0 Å². The number of benzene rings is 1. The van der Waals surface area contributed by atoms with Crippen molar-refractivity contribution in [2.24, 2.45) is 5.92 Å². The zero-order valence-electron chi connectivity index (χ0n) is 33.0. The number of aliphatic hydroxyl groups is 2. The van der Waals surface area contributed by atoms with Gasteiger partial charge in [-0.25, -0.2) is 9.59 Å². The molecular weight excluding hydrogens is 678 g/mol. The fourth-order valence-electron chi connectivity index (χ4n) is 6.28. The average molecular weight is 744 g/mol. The SMILES string of the molecule is CC#CCOc1ccc(C[C@H](NC(=O)[C@@H](C=CCCCCCCC2(CCCCCCC)OCCO2)[C@@](O)(CCO)C(=O)OC(C)(C)C)C(=O)OC)cc1. The van der Waals surface area contributed by atoms with Crippen molar-refractivity contribution in [2.75, 3.05) is 33.5 Å². The van der Waals surface area contributed by atoms with Crippen molar-refractivity contribution < 1.29 is 48.3 Å². The molecule has 3 atom stereocenters. The summed E-state index contributed by atoms with van der Waals surface area (Å²) < 4.78 is 28.2. The van der Waals surface area contributed by atoms with Crippen LogP contribution in [0.25, 0.3) is 0 Å². The summed E-state index contributed by atoms with van der Waals surface area (Å²) in [6.07, 6.45) is 14.9. The highest BCUT2D eigenvalue weighted by atomic mass is 16.7. The number of carbonyl (C=O) groups excluding carboxylic acids is 3. The zero-order chi connectivity index (χ0) is 39.2. The van der Waals surface area contributed by atoms with Gasteiger partial charge in [-0.1, -0.05) is 75.7 Å². The molecule has 0 aromatic heterocycles. The van der Waals surface area contributed by atoms with Crippen LogP contribution in [0.1, 0.15) is 124 Å². The smallest absolute Gasteiger partial charge is 0.339 e. The van der Waals surface area contributed by atoms with E-state index in [0.717, 1.165) is 44.9 Å². The first-order chi connectivity index (χ1) is 25.3. The molecule has 11 nitrogen and oxygen atoms in total. The quantitative estimate of drug-likeness (QED) is 0.0447. The molecule has 0 unspecified atom stereocenters. The molecule has 1 amide bonds. The number of esters is 2. The van der Waals surface area contributed by atoms with Crippen LogP contribution in [0.2, 0.25) is 0 Å². The van der Waals surface area contributed by atoms with E-state index in [1.54, 1.807) is 58.0 Å². The number of nitrogens with one attached hydrogen (secondary N) is 1. The fourth-order valence-corrected chi connectivity index (χ4v) is 6.28. The molecule has 1 fully saturated rings. The van der Waals surface area contributed by atoms with Crippen molar-refractivity contribution in [2.45, 2.75) is 148 Å². The molecule has 11 heteroatoms. The fraction of sp³-hybridized carbons (Fsp3) is 0.690. The van der Waals surface area contributed by atoms with Crippen molar-refractivity contribution in [3.8, 4) is 17.6 Å². The molecule has 1 saturated heterocycles. The minimum absolute atomic E-state index is 0.0744. The van der Waals surface area contributed by atoms with E-state index in [9.17, 15) is 24.6 Å². The van der Waals surface area contributed by atoms with Crippen LogP contribution in [-0.4, -0.2) is 84.6 Å².